The number of amides is 1. The Morgan fingerprint density at radius 1 is 1.38 bits per heavy atom. The van der Waals surface area contributed by atoms with Crippen molar-refractivity contribution < 1.29 is 9.90 Å². The van der Waals surface area contributed by atoms with Gasteiger partial charge in [0, 0.05) is 38.3 Å². The minimum absolute atomic E-state index is 0.0818. The second kappa shape index (κ2) is 6.58. The molecule has 0 fully saturated rings. The second-order valence-corrected chi connectivity index (χ2v) is 6.64. The molecule has 0 saturated heterocycles. The monoisotopic (exact) mass is 290 g/mol. The van der Waals surface area contributed by atoms with Crippen molar-refractivity contribution in [3.05, 3.63) is 29.8 Å². The van der Waals surface area contributed by atoms with Crippen molar-refractivity contribution >= 4 is 11.6 Å². The molecule has 1 aliphatic rings. The van der Waals surface area contributed by atoms with Gasteiger partial charge in [0.2, 0.25) is 5.91 Å². The van der Waals surface area contributed by atoms with Gasteiger partial charge in [-0.15, -0.1) is 0 Å². The smallest absolute Gasteiger partial charge is 0.228 e. The normalized spacial score (nSPS) is 18.8. The second-order valence-electron chi connectivity index (χ2n) is 6.64. The van der Waals surface area contributed by atoms with Crippen molar-refractivity contribution in [1.82, 2.24) is 5.32 Å². The van der Waals surface area contributed by atoms with E-state index in [1.165, 1.54) is 5.56 Å². The quantitative estimate of drug-likeness (QED) is 0.846. The van der Waals surface area contributed by atoms with E-state index in [0.717, 1.165) is 25.1 Å². The van der Waals surface area contributed by atoms with Crippen molar-refractivity contribution in [3.63, 3.8) is 0 Å². The highest BCUT2D eigenvalue weighted by atomic mass is 16.2. The van der Waals surface area contributed by atoms with E-state index in [2.05, 4.69) is 25.2 Å². The number of aliphatic hydroxyl groups excluding tert-OH is 1. The third kappa shape index (κ3) is 3.83. The molecule has 21 heavy (non-hydrogen) atoms. The lowest BCUT2D eigenvalue weighted by atomic mass is 9.86. The predicted octanol–water partition coefficient (Wildman–Crippen LogP) is 2.48. The fraction of sp³-hybridized carbons (Fsp3) is 0.588. The van der Waals surface area contributed by atoms with Gasteiger partial charge in [-0.25, -0.2) is 0 Å². The molecule has 4 nitrogen and oxygen atoms in total. The first-order chi connectivity index (χ1) is 9.94. The summed E-state index contributed by atoms with van der Waals surface area (Å²) in [5, 5.41) is 12.5. The summed E-state index contributed by atoms with van der Waals surface area (Å²) in [6, 6.07) is 8.16. The number of para-hydroxylation sites is 1. The van der Waals surface area contributed by atoms with Gasteiger partial charge < -0.3 is 15.3 Å². The van der Waals surface area contributed by atoms with Crippen LogP contribution in [0.3, 0.4) is 0 Å². The van der Waals surface area contributed by atoms with Gasteiger partial charge in [-0.2, -0.15) is 0 Å². The first kappa shape index (κ1) is 16.0. The van der Waals surface area contributed by atoms with Crippen molar-refractivity contribution in [2.24, 2.45) is 5.41 Å². The molecule has 1 heterocycles. The van der Waals surface area contributed by atoms with Crippen LogP contribution in [0, 0.1) is 5.41 Å². The van der Waals surface area contributed by atoms with E-state index in [0.29, 0.717) is 6.42 Å². The number of carbonyl (C=O) groups is 1. The van der Waals surface area contributed by atoms with Crippen molar-refractivity contribution in [3.8, 4) is 0 Å². The molecule has 0 spiro atoms. The molecule has 0 saturated carbocycles. The number of hydrogen-bond donors (Lipinski definition) is 2. The molecule has 0 aromatic heterocycles. The summed E-state index contributed by atoms with van der Waals surface area (Å²) in [6.07, 6.45) is 2.29. The van der Waals surface area contributed by atoms with Crippen LogP contribution in [0.5, 0.6) is 0 Å². The third-order valence-electron chi connectivity index (χ3n) is 4.27. The summed E-state index contributed by atoms with van der Waals surface area (Å²) < 4.78 is 0. The number of hydrogen-bond acceptors (Lipinski definition) is 3. The predicted molar refractivity (Wildman–Crippen MR) is 85.3 cm³/mol. The number of benzene rings is 1. The summed E-state index contributed by atoms with van der Waals surface area (Å²) in [6.45, 7) is 5.46. The van der Waals surface area contributed by atoms with E-state index in [-0.39, 0.29) is 24.0 Å². The lowest BCUT2D eigenvalue weighted by Gasteiger charge is -2.34. The number of fused-ring (bicyclic) bond motifs is 1. The van der Waals surface area contributed by atoms with Crippen molar-refractivity contribution in [2.45, 2.75) is 39.2 Å². The molecule has 0 aliphatic carbocycles. The number of aliphatic hydroxyl groups is 1. The molecule has 2 rings (SSSR count). The van der Waals surface area contributed by atoms with Crippen LogP contribution in [-0.2, 0) is 4.79 Å². The maximum absolute atomic E-state index is 12.1. The van der Waals surface area contributed by atoms with Gasteiger partial charge in [0.05, 0.1) is 0 Å². The molecule has 116 valence electrons. The van der Waals surface area contributed by atoms with Gasteiger partial charge in [-0.3, -0.25) is 4.79 Å². The SMILES string of the molecule is CN1C(=O)CC(NCC(C)(C)CCCO)c2ccccc21. The summed E-state index contributed by atoms with van der Waals surface area (Å²) >= 11 is 0. The van der Waals surface area contributed by atoms with Crippen LogP contribution in [0.15, 0.2) is 24.3 Å². The summed E-state index contributed by atoms with van der Waals surface area (Å²) in [4.78, 5) is 13.9. The Bertz CT molecular complexity index is 499. The zero-order valence-corrected chi connectivity index (χ0v) is 13.2. The van der Waals surface area contributed by atoms with Gasteiger partial charge in [-0.05, 0) is 29.9 Å². The molecule has 2 N–H and O–H groups in total. The Kier molecular flexibility index (Phi) is 5.01. The minimum Gasteiger partial charge on any atom is -0.396 e. The van der Waals surface area contributed by atoms with Crippen LogP contribution in [-0.4, -0.2) is 31.2 Å². The van der Waals surface area contributed by atoms with Gasteiger partial charge in [-0.1, -0.05) is 32.0 Å². The van der Waals surface area contributed by atoms with E-state index >= 15 is 0 Å². The maximum Gasteiger partial charge on any atom is 0.228 e. The van der Waals surface area contributed by atoms with Gasteiger partial charge >= 0.3 is 0 Å². The first-order valence-corrected chi connectivity index (χ1v) is 7.64. The Labute approximate surface area is 127 Å². The van der Waals surface area contributed by atoms with Gasteiger partial charge in [0.1, 0.15) is 0 Å². The summed E-state index contributed by atoms with van der Waals surface area (Å²) in [5.74, 6) is 0.152. The van der Waals surface area contributed by atoms with Gasteiger partial charge in [0.15, 0.2) is 0 Å². The maximum atomic E-state index is 12.1. The lowest BCUT2D eigenvalue weighted by Crippen LogP contribution is -2.40. The van der Waals surface area contributed by atoms with Crippen LogP contribution < -0.4 is 10.2 Å². The zero-order chi connectivity index (χ0) is 15.5. The lowest BCUT2D eigenvalue weighted by molar-refractivity contribution is -0.119. The van der Waals surface area contributed by atoms with E-state index in [1.54, 1.807) is 4.90 Å². The summed E-state index contributed by atoms with van der Waals surface area (Å²) in [7, 11) is 1.84. The Morgan fingerprint density at radius 2 is 2.10 bits per heavy atom. The number of rotatable bonds is 6. The third-order valence-corrected chi connectivity index (χ3v) is 4.27. The highest BCUT2D eigenvalue weighted by Gasteiger charge is 2.29. The molecule has 0 radical (unpaired) electrons. The topological polar surface area (TPSA) is 52.6 Å². The van der Waals surface area contributed by atoms with E-state index in [4.69, 9.17) is 5.11 Å². The van der Waals surface area contributed by atoms with Gasteiger partial charge in [0.25, 0.3) is 0 Å². The van der Waals surface area contributed by atoms with Crippen LogP contribution in [0.2, 0.25) is 0 Å². The van der Waals surface area contributed by atoms with Crippen LogP contribution in [0.25, 0.3) is 0 Å². The van der Waals surface area contributed by atoms with Crippen LogP contribution >= 0.6 is 0 Å². The molecule has 1 aromatic carbocycles. The number of nitrogens with zero attached hydrogens (tertiary/aromatic N) is 1. The standard InChI is InChI=1S/C17H26N2O2/c1-17(2,9-6-10-20)12-18-14-11-16(21)19(3)15-8-5-4-7-13(14)15/h4-5,7-8,14,18,20H,6,9-12H2,1-3H3. The zero-order valence-electron chi connectivity index (χ0n) is 13.2. The Hall–Kier alpha value is -1.39. The average molecular weight is 290 g/mol. The van der Waals surface area contributed by atoms with Crippen molar-refractivity contribution in [2.75, 3.05) is 25.1 Å². The largest absolute Gasteiger partial charge is 0.396 e. The van der Waals surface area contributed by atoms with Crippen LogP contribution in [0.1, 0.15) is 44.7 Å². The number of nitrogens with one attached hydrogen (secondary N) is 1. The van der Waals surface area contributed by atoms with Crippen molar-refractivity contribution in [1.29, 1.82) is 0 Å². The molecular weight excluding hydrogens is 264 g/mol. The van der Waals surface area contributed by atoms with Crippen LogP contribution in [0.4, 0.5) is 5.69 Å². The average Bonchev–Trinajstić information content (AvgIpc) is 2.47. The fourth-order valence-corrected chi connectivity index (χ4v) is 2.87. The van der Waals surface area contributed by atoms with E-state index in [1.807, 2.05) is 25.2 Å². The minimum atomic E-state index is 0.0818. The first-order valence-electron chi connectivity index (χ1n) is 7.64. The molecule has 1 atom stereocenters. The van der Waals surface area contributed by atoms with E-state index < -0.39 is 0 Å². The Morgan fingerprint density at radius 3 is 2.81 bits per heavy atom. The highest BCUT2D eigenvalue weighted by Crippen LogP contribution is 2.34. The molecule has 1 aliphatic heterocycles. The molecule has 4 heteroatoms. The number of carbonyl (C=O) groups excluding carboxylic acids is 1. The molecule has 1 unspecified atom stereocenters. The molecule has 1 amide bonds. The van der Waals surface area contributed by atoms with E-state index in [9.17, 15) is 4.79 Å². The molecular formula is C17H26N2O2. The molecule has 0 bridgehead atoms. The fourth-order valence-electron chi connectivity index (χ4n) is 2.87. The highest BCUT2D eigenvalue weighted by molar-refractivity contribution is 5.96. The number of anilines is 1. The Balaban J connectivity index is 2.07. The molecule has 1 aromatic rings. The summed E-state index contributed by atoms with van der Waals surface area (Å²) in [5.41, 5.74) is 2.31.